The van der Waals surface area contributed by atoms with Gasteiger partial charge in [-0.25, -0.2) is 0 Å². The van der Waals surface area contributed by atoms with Crippen molar-refractivity contribution in [1.82, 2.24) is 4.57 Å². The Morgan fingerprint density at radius 3 is 2.57 bits per heavy atom. The summed E-state index contributed by atoms with van der Waals surface area (Å²) >= 11 is 0. The highest BCUT2D eigenvalue weighted by Gasteiger charge is 2.16. The summed E-state index contributed by atoms with van der Waals surface area (Å²) in [6.45, 7) is 2.78. The van der Waals surface area contributed by atoms with E-state index >= 15 is 0 Å². The number of rotatable bonds is 7. The van der Waals surface area contributed by atoms with Crippen LogP contribution in [0.5, 0.6) is 11.5 Å². The van der Waals surface area contributed by atoms with Crippen molar-refractivity contribution < 1.29 is 9.47 Å². The summed E-state index contributed by atoms with van der Waals surface area (Å²) in [6, 6.07) is 7.73. The number of ether oxygens (including phenoxy) is 2. The smallest absolute Gasteiger partial charge is 0.297 e. The van der Waals surface area contributed by atoms with Crippen molar-refractivity contribution >= 4 is 10.9 Å². The normalized spacial score (nSPS) is 10.8. The zero-order chi connectivity index (χ0) is 15.2. The fourth-order valence-corrected chi connectivity index (χ4v) is 2.47. The van der Waals surface area contributed by atoms with Gasteiger partial charge in [0, 0.05) is 12.4 Å². The summed E-state index contributed by atoms with van der Waals surface area (Å²) < 4.78 is 12.8. The van der Waals surface area contributed by atoms with Crippen LogP contribution >= 0.6 is 0 Å². The second-order valence-corrected chi connectivity index (χ2v) is 5.15. The first kappa shape index (κ1) is 15.4. The zero-order valence-electron chi connectivity index (χ0n) is 13.0. The molecule has 4 nitrogen and oxygen atoms in total. The first-order valence-corrected chi connectivity index (χ1v) is 7.49. The Balaban J connectivity index is 2.36. The SMILES string of the molecule is CCCCCCOc1c(OC)c(=O)n(C)c2ccccc12. The Bertz CT molecular complexity index is 661. The third-order valence-electron chi connectivity index (χ3n) is 3.66. The first-order chi connectivity index (χ1) is 10.2. The van der Waals surface area contributed by atoms with Crippen LogP contribution in [0.3, 0.4) is 0 Å². The van der Waals surface area contributed by atoms with E-state index in [0.29, 0.717) is 12.4 Å². The van der Waals surface area contributed by atoms with E-state index in [-0.39, 0.29) is 11.3 Å². The number of pyridine rings is 1. The Morgan fingerprint density at radius 2 is 1.86 bits per heavy atom. The molecule has 2 aromatic rings. The quantitative estimate of drug-likeness (QED) is 0.732. The van der Waals surface area contributed by atoms with Crippen LogP contribution in [0, 0.1) is 0 Å². The highest BCUT2D eigenvalue weighted by atomic mass is 16.5. The molecule has 1 aromatic heterocycles. The van der Waals surface area contributed by atoms with Gasteiger partial charge in [-0.05, 0) is 18.6 Å². The fraction of sp³-hybridized carbons (Fsp3) is 0.471. The van der Waals surface area contributed by atoms with Gasteiger partial charge in [-0.3, -0.25) is 4.79 Å². The van der Waals surface area contributed by atoms with Gasteiger partial charge in [0.05, 0.1) is 19.2 Å². The summed E-state index contributed by atoms with van der Waals surface area (Å²) in [7, 11) is 3.26. The standard InChI is InChI=1S/C17H23NO3/c1-4-5-6-9-12-21-15-13-10-7-8-11-14(13)18(2)17(19)16(15)20-3/h7-8,10-11H,4-6,9,12H2,1-3H3. The van der Waals surface area contributed by atoms with Crippen molar-refractivity contribution in [2.75, 3.05) is 13.7 Å². The Kier molecular flexibility index (Phi) is 5.26. The average Bonchev–Trinajstić information content (AvgIpc) is 2.52. The fourth-order valence-electron chi connectivity index (χ4n) is 2.47. The lowest BCUT2D eigenvalue weighted by Gasteiger charge is -2.15. The predicted molar refractivity (Wildman–Crippen MR) is 85.4 cm³/mol. The molecule has 1 heterocycles. The summed E-state index contributed by atoms with van der Waals surface area (Å²) in [4.78, 5) is 12.3. The maximum Gasteiger partial charge on any atom is 0.297 e. The number of aryl methyl sites for hydroxylation is 1. The van der Waals surface area contributed by atoms with Crippen molar-refractivity contribution in [2.24, 2.45) is 7.05 Å². The summed E-state index contributed by atoms with van der Waals surface area (Å²) in [5.41, 5.74) is 0.687. The molecule has 0 fully saturated rings. The van der Waals surface area contributed by atoms with Crippen LogP contribution < -0.4 is 15.0 Å². The molecule has 0 N–H and O–H groups in total. The van der Waals surface area contributed by atoms with Gasteiger partial charge >= 0.3 is 0 Å². The molecule has 0 amide bonds. The van der Waals surface area contributed by atoms with Crippen LogP contribution in [-0.2, 0) is 7.05 Å². The number of hydrogen-bond donors (Lipinski definition) is 0. The number of fused-ring (bicyclic) bond motifs is 1. The lowest BCUT2D eigenvalue weighted by Crippen LogP contribution is -2.20. The third kappa shape index (κ3) is 3.20. The van der Waals surface area contributed by atoms with Gasteiger partial charge < -0.3 is 14.0 Å². The van der Waals surface area contributed by atoms with Gasteiger partial charge in [0.2, 0.25) is 5.75 Å². The largest absolute Gasteiger partial charge is 0.489 e. The van der Waals surface area contributed by atoms with Crippen LogP contribution in [-0.4, -0.2) is 18.3 Å². The number of nitrogens with zero attached hydrogens (tertiary/aromatic N) is 1. The van der Waals surface area contributed by atoms with Gasteiger partial charge in [0.15, 0.2) is 5.75 Å². The minimum atomic E-state index is -0.167. The Labute approximate surface area is 125 Å². The lowest BCUT2D eigenvalue weighted by molar-refractivity contribution is 0.286. The maximum atomic E-state index is 12.3. The molecule has 0 atom stereocenters. The minimum Gasteiger partial charge on any atom is -0.489 e. The molecule has 0 bridgehead atoms. The van der Waals surface area contributed by atoms with E-state index in [0.717, 1.165) is 23.7 Å². The lowest BCUT2D eigenvalue weighted by atomic mass is 10.2. The van der Waals surface area contributed by atoms with Crippen molar-refractivity contribution in [3.05, 3.63) is 34.6 Å². The van der Waals surface area contributed by atoms with Gasteiger partial charge in [-0.1, -0.05) is 38.3 Å². The van der Waals surface area contributed by atoms with Crippen LogP contribution in [0.1, 0.15) is 32.6 Å². The number of benzene rings is 1. The van der Waals surface area contributed by atoms with Crippen LogP contribution in [0.25, 0.3) is 10.9 Å². The average molecular weight is 289 g/mol. The molecule has 0 saturated carbocycles. The number of methoxy groups -OCH3 is 1. The van der Waals surface area contributed by atoms with Gasteiger partial charge in [-0.2, -0.15) is 0 Å². The summed E-state index contributed by atoms with van der Waals surface area (Å²) in [5.74, 6) is 0.847. The number of hydrogen-bond acceptors (Lipinski definition) is 3. The number of unbranched alkanes of at least 4 members (excludes halogenated alkanes) is 3. The van der Waals surface area contributed by atoms with Crippen LogP contribution in [0.4, 0.5) is 0 Å². The van der Waals surface area contributed by atoms with Crippen molar-refractivity contribution in [3.8, 4) is 11.5 Å². The number of aromatic nitrogens is 1. The monoisotopic (exact) mass is 289 g/mol. The molecular weight excluding hydrogens is 266 g/mol. The molecule has 0 aliphatic rings. The molecular formula is C17H23NO3. The van der Waals surface area contributed by atoms with Gasteiger partial charge in [-0.15, -0.1) is 0 Å². The maximum absolute atomic E-state index is 12.3. The van der Waals surface area contributed by atoms with E-state index in [2.05, 4.69) is 6.92 Å². The van der Waals surface area contributed by atoms with E-state index in [1.54, 1.807) is 11.6 Å². The highest BCUT2D eigenvalue weighted by molar-refractivity contribution is 5.87. The molecule has 0 radical (unpaired) electrons. The zero-order valence-corrected chi connectivity index (χ0v) is 13.0. The van der Waals surface area contributed by atoms with E-state index in [1.165, 1.54) is 20.0 Å². The second-order valence-electron chi connectivity index (χ2n) is 5.15. The third-order valence-corrected chi connectivity index (χ3v) is 3.66. The molecule has 0 aliphatic heterocycles. The molecule has 0 spiro atoms. The molecule has 0 aliphatic carbocycles. The molecule has 114 valence electrons. The summed E-state index contributed by atoms with van der Waals surface area (Å²) in [6.07, 6.45) is 4.53. The minimum absolute atomic E-state index is 0.167. The number of para-hydroxylation sites is 1. The molecule has 1 aromatic carbocycles. The van der Waals surface area contributed by atoms with E-state index in [1.807, 2.05) is 24.3 Å². The molecule has 4 heteroatoms. The predicted octanol–water partition coefficient (Wildman–Crippen LogP) is 3.51. The van der Waals surface area contributed by atoms with Crippen LogP contribution in [0.2, 0.25) is 0 Å². The Morgan fingerprint density at radius 1 is 1.10 bits per heavy atom. The van der Waals surface area contributed by atoms with Gasteiger partial charge in [0.25, 0.3) is 5.56 Å². The van der Waals surface area contributed by atoms with Crippen molar-refractivity contribution in [3.63, 3.8) is 0 Å². The topological polar surface area (TPSA) is 40.5 Å². The van der Waals surface area contributed by atoms with E-state index in [9.17, 15) is 4.79 Å². The van der Waals surface area contributed by atoms with E-state index in [4.69, 9.17) is 9.47 Å². The van der Waals surface area contributed by atoms with Crippen molar-refractivity contribution in [2.45, 2.75) is 32.6 Å². The van der Waals surface area contributed by atoms with E-state index < -0.39 is 0 Å². The molecule has 0 saturated heterocycles. The first-order valence-electron chi connectivity index (χ1n) is 7.49. The van der Waals surface area contributed by atoms with Crippen molar-refractivity contribution in [1.29, 1.82) is 0 Å². The molecule has 0 unspecified atom stereocenters. The molecule has 21 heavy (non-hydrogen) atoms. The Hall–Kier alpha value is -1.97. The second kappa shape index (κ2) is 7.16. The van der Waals surface area contributed by atoms with Gasteiger partial charge in [0.1, 0.15) is 0 Å². The highest BCUT2D eigenvalue weighted by Crippen LogP contribution is 2.32. The molecule has 2 rings (SSSR count). The summed E-state index contributed by atoms with van der Waals surface area (Å²) in [5, 5.41) is 0.909. The van der Waals surface area contributed by atoms with Crippen LogP contribution in [0.15, 0.2) is 29.1 Å².